The third-order valence-electron chi connectivity index (χ3n) is 1.72. The van der Waals surface area contributed by atoms with Crippen molar-refractivity contribution < 1.29 is 25.3 Å². The van der Waals surface area contributed by atoms with Crippen molar-refractivity contribution in [3.8, 4) is 0 Å². The van der Waals surface area contributed by atoms with Gasteiger partial charge < -0.3 is 3.87 Å². The Morgan fingerprint density at radius 3 is 1.45 bits per heavy atom. The fraction of sp³-hybridized carbons (Fsp3) is 0.600. The van der Waals surface area contributed by atoms with Gasteiger partial charge in [0.2, 0.25) is 8.32 Å². The van der Waals surface area contributed by atoms with E-state index in [1.165, 1.54) is 0 Å². The third-order valence-corrected chi connectivity index (χ3v) is 9.96. The zero-order valence-electron chi connectivity index (χ0n) is 12.8. The molecule has 0 saturated heterocycles. The minimum absolute atomic E-state index is 0.0139. The molecule has 0 radical (unpaired) electrons. The Bertz CT molecular complexity index is 538. The second kappa shape index (κ2) is 7.14. The molecule has 0 rings (SSSR count). The van der Waals surface area contributed by atoms with E-state index in [4.69, 9.17) is 8.42 Å². The summed E-state index contributed by atoms with van der Waals surface area (Å²) in [5.41, 5.74) is 0. The molecule has 120 valence electrons. The first-order valence-corrected chi connectivity index (χ1v) is 15.5. The van der Waals surface area contributed by atoms with Crippen molar-refractivity contribution in [3.05, 3.63) is 23.1 Å². The molecule has 0 bridgehead atoms. The molecule has 10 heteroatoms. The highest BCUT2D eigenvalue weighted by Crippen LogP contribution is 2.16. The molecule has 0 saturated carbocycles. The number of hydrogen-bond donors (Lipinski definition) is 1. The lowest BCUT2D eigenvalue weighted by Gasteiger charge is -2.15. The number of rotatable bonds is 5. The first-order valence-electron chi connectivity index (χ1n) is 5.67. The van der Waals surface area contributed by atoms with Crippen LogP contribution in [0.4, 0.5) is 0 Å². The van der Waals surface area contributed by atoms with E-state index in [1.54, 1.807) is 19.6 Å². The highest BCUT2D eigenvalue weighted by molar-refractivity contribution is 7.92. The van der Waals surface area contributed by atoms with Crippen LogP contribution in [0.5, 0.6) is 0 Å². The first-order chi connectivity index (χ1) is 8.42. The normalized spacial score (nSPS) is 13.2. The fourth-order valence-corrected chi connectivity index (χ4v) is 6.92. The summed E-state index contributed by atoms with van der Waals surface area (Å²) < 4.78 is 55.6. The second-order valence-corrected chi connectivity index (χ2v) is 19.1. The van der Waals surface area contributed by atoms with Crippen LogP contribution >= 0.6 is 0 Å². The van der Waals surface area contributed by atoms with Gasteiger partial charge in [-0.1, -0.05) is 32.8 Å². The Balaban J connectivity index is 0. The average Bonchev–Trinajstić information content (AvgIpc) is 2.11. The van der Waals surface area contributed by atoms with E-state index in [0.29, 0.717) is 0 Å². The maximum Gasteiger partial charge on any atom is 0.286 e. The molecule has 0 aliphatic heterocycles. The summed E-state index contributed by atoms with van der Waals surface area (Å²) in [5.74, 6) is 0. The van der Waals surface area contributed by atoms with E-state index in [0.717, 1.165) is 5.41 Å². The van der Waals surface area contributed by atoms with Crippen LogP contribution in [0.15, 0.2) is 23.1 Å². The fourth-order valence-electron chi connectivity index (χ4n) is 0.769. The summed E-state index contributed by atoms with van der Waals surface area (Å²) in [6, 6.07) is 0. The van der Waals surface area contributed by atoms with Gasteiger partial charge >= 0.3 is 0 Å². The summed E-state index contributed by atoms with van der Waals surface area (Å²) in [5, 5.41) is 0.825. The third kappa shape index (κ3) is 11.6. The van der Waals surface area contributed by atoms with Crippen LogP contribution in [0.2, 0.25) is 39.3 Å². The molecule has 0 unspecified atom stereocenters. The van der Waals surface area contributed by atoms with E-state index in [9.17, 15) is 16.8 Å². The van der Waals surface area contributed by atoms with Crippen LogP contribution < -0.4 is 0 Å². The summed E-state index contributed by atoms with van der Waals surface area (Å²) in [4.78, 5) is 0. The van der Waals surface area contributed by atoms with Gasteiger partial charge in [-0.3, -0.25) is 4.55 Å². The minimum atomic E-state index is -3.99. The van der Waals surface area contributed by atoms with E-state index >= 15 is 0 Å². The lowest BCUT2D eigenvalue weighted by Crippen LogP contribution is -2.28. The minimum Gasteiger partial charge on any atom is -0.312 e. The molecule has 0 heterocycles. The molecule has 0 aromatic rings. The van der Waals surface area contributed by atoms with Gasteiger partial charge in [0.1, 0.15) is 0 Å². The van der Waals surface area contributed by atoms with Gasteiger partial charge in [-0.15, -0.1) is 0 Å². The Kier molecular flexibility index (Phi) is 7.86. The van der Waals surface area contributed by atoms with Gasteiger partial charge in [0.15, 0.2) is 0 Å². The molecule has 0 fully saturated rings. The molecular formula is C10H24O6S2Si2. The smallest absolute Gasteiger partial charge is 0.286 e. The average molecular weight is 361 g/mol. The van der Waals surface area contributed by atoms with E-state index in [2.05, 4.69) is 13.2 Å². The number of hydrogen-bond acceptors (Lipinski definition) is 5. The van der Waals surface area contributed by atoms with Crippen LogP contribution in [0.1, 0.15) is 0 Å². The Morgan fingerprint density at radius 2 is 1.40 bits per heavy atom. The molecule has 1 N–H and O–H groups in total. The standard InChI is InChI=1S/2C5H12O3SSi/c1-5-9(6,7)8-10(2,3)4;1-5(9(6,7)8)10(2,3)4/h5H,1H2,2-4H3;1H2,2-4H3,(H,6,7,8). The molecule has 6 nitrogen and oxygen atoms in total. The van der Waals surface area contributed by atoms with Crippen molar-refractivity contribution in [2.75, 3.05) is 0 Å². The van der Waals surface area contributed by atoms with Crippen LogP contribution in [0, 0.1) is 0 Å². The lowest BCUT2D eigenvalue weighted by atomic mass is 11.2. The molecule has 0 amide bonds. The lowest BCUT2D eigenvalue weighted by molar-refractivity contribution is 0.492. The van der Waals surface area contributed by atoms with Gasteiger partial charge in [0.05, 0.1) is 8.07 Å². The monoisotopic (exact) mass is 360 g/mol. The summed E-state index contributed by atoms with van der Waals surface area (Å²) in [6.45, 7) is 17.3. The van der Waals surface area contributed by atoms with Gasteiger partial charge in [-0.2, -0.15) is 16.8 Å². The van der Waals surface area contributed by atoms with Gasteiger partial charge in [0.25, 0.3) is 20.2 Å². The first kappa shape index (κ1) is 22.0. The Hall–Kier alpha value is -0.266. The molecular weight excluding hydrogens is 336 g/mol. The largest absolute Gasteiger partial charge is 0.312 e. The predicted octanol–water partition coefficient (Wildman–Crippen LogP) is 2.58. The van der Waals surface area contributed by atoms with Crippen molar-refractivity contribution >= 4 is 36.6 Å². The predicted molar refractivity (Wildman–Crippen MR) is 87.6 cm³/mol. The van der Waals surface area contributed by atoms with Crippen molar-refractivity contribution in [2.45, 2.75) is 39.3 Å². The summed E-state index contributed by atoms with van der Waals surface area (Å²) in [6.07, 6.45) is 0. The maximum atomic E-state index is 10.7. The quantitative estimate of drug-likeness (QED) is 0.598. The molecule has 0 aliphatic carbocycles. The van der Waals surface area contributed by atoms with Crippen LogP contribution in [-0.4, -0.2) is 37.8 Å². The van der Waals surface area contributed by atoms with Gasteiger partial charge in [-0.05, 0) is 19.6 Å². The van der Waals surface area contributed by atoms with Crippen molar-refractivity contribution in [1.82, 2.24) is 0 Å². The van der Waals surface area contributed by atoms with Crippen molar-refractivity contribution in [2.24, 2.45) is 0 Å². The Labute approximate surface area is 124 Å². The zero-order valence-corrected chi connectivity index (χ0v) is 16.4. The van der Waals surface area contributed by atoms with E-state index in [1.807, 2.05) is 19.6 Å². The highest BCUT2D eigenvalue weighted by Gasteiger charge is 2.26. The van der Waals surface area contributed by atoms with Crippen LogP contribution in [-0.2, 0) is 24.1 Å². The molecule has 0 aromatic carbocycles. The topological polar surface area (TPSA) is 97.7 Å². The van der Waals surface area contributed by atoms with Crippen LogP contribution in [0.3, 0.4) is 0 Å². The molecule has 20 heavy (non-hydrogen) atoms. The SMILES string of the molecule is C=C([Si](C)(C)C)S(=O)(=O)O.C=CS(=O)(=O)O[Si](C)(C)C. The molecule has 0 atom stereocenters. The van der Waals surface area contributed by atoms with Gasteiger partial charge in [-0.25, -0.2) is 0 Å². The molecule has 0 aromatic heterocycles. The van der Waals surface area contributed by atoms with Crippen molar-refractivity contribution in [1.29, 1.82) is 0 Å². The zero-order chi connectivity index (χ0) is 17.0. The summed E-state index contributed by atoms with van der Waals surface area (Å²) in [7, 11) is -11.3. The molecule has 0 aliphatic rings. The summed E-state index contributed by atoms with van der Waals surface area (Å²) >= 11 is 0. The molecule has 0 spiro atoms. The van der Waals surface area contributed by atoms with Crippen LogP contribution in [0.25, 0.3) is 0 Å². The Morgan fingerprint density at radius 1 is 1.05 bits per heavy atom. The van der Waals surface area contributed by atoms with E-state index < -0.39 is 36.6 Å². The van der Waals surface area contributed by atoms with Gasteiger partial charge in [0, 0.05) is 9.94 Å². The van der Waals surface area contributed by atoms with Crippen molar-refractivity contribution in [3.63, 3.8) is 0 Å². The maximum absolute atomic E-state index is 10.7. The van der Waals surface area contributed by atoms with E-state index in [-0.39, 0.29) is 4.53 Å². The second-order valence-electron chi connectivity index (χ2n) is 6.00. The highest BCUT2D eigenvalue weighted by atomic mass is 32.2.